The van der Waals surface area contributed by atoms with Crippen molar-refractivity contribution >= 4 is 33.1 Å². The van der Waals surface area contributed by atoms with Gasteiger partial charge in [0, 0.05) is 5.69 Å². The average molecular weight is 382 g/mol. The van der Waals surface area contributed by atoms with E-state index in [2.05, 4.69) is 38.2 Å². The van der Waals surface area contributed by atoms with Crippen molar-refractivity contribution in [1.82, 2.24) is 9.88 Å². The summed E-state index contributed by atoms with van der Waals surface area (Å²) in [5.41, 5.74) is 4.23. The molecule has 0 saturated heterocycles. The summed E-state index contributed by atoms with van der Waals surface area (Å²) in [7, 11) is 1.97. The van der Waals surface area contributed by atoms with Crippen LogP contribution in [0, 0.1) is 6.92 Å². The molecular formula is C22H27N3OS. The van der Waals surface area contributed by atoms with Gasteiger partial charge in [-0.3, -0.25) is 9.69 Å². The van der Waals surface area contributed by atoms with E-state index in [0.717, 1.165) is 21.8 Å². The van der Waals surface area contributed by atoms with Crippen LogP contribution in [0.15, 0.2) is 42.5 Å². The number of aryl methyl sites for hydroxylation is 1. The molecule has 0 spiro atoms. The molecule has 1 amide bonds. The van der Waals surface area contributed by atoms with E-state index >= 15 is 0 Å². The molecule has 5 heteroatoms. The van der Waals surface area contributed by atoms with Crippen LogP contribution in [-0.2, 0) is 4.79 Å². The third-order valence-corrected chi connectivity index (χ3v) is 6.12. The lowest BCUT2D eigenvalue weighted by atomic mass is 9.98. The van der Waals surface area contributed by atoms with Gasteiger partial charge in [-0.25, -0.2) is 4.98 Å². The minimum Gasteiger partial charge on any atom is -0.324 e. The maximum absolute atomic E-state index is 12.7. The van der Waals surface area contributed by atoms with Crippen LogP contribution in [0.1, 0.15) is 48.9 Å². The van der Waals surface area contributed by atoms with Crippen LogP contribution in [-0.4, -0.2) is 29.4 Å². The van der Waals surface area contributed by atoms with Crippen molar-refractivity contribution in [2.45, 2.75) is 39.7 Å². The van der Waals surface area contributed by atoms with Crippen LogP contribution in [0.2, 0.25) is 0 Å². The molecule has 0 aliphatic heterocycles. The number of benzene rings is 2. The number of anilines is 1. The minimum absolute atomic E-state index is 0.00154. The molecular weight excluding hydrogens is 354 g/mol. The molecule has 3 aromatic rings. The Morgan fingerprint density at radius 1 is 1.15 bits per heavy atom. The third kappa shape index (κ3) is 4.37. The standard InChI is InChI=1S/C22H27N3OS/c1-14(2)17-10-8-9-15(3)21(17)24-20(26)13-25(5)16(4)22-23-18-11-6-7-12-19(18)27-22/h6-12,14,16H,13H2,1-5H3,(H,24,26)/t16-/m0/s1. The van der Waals surface area contributed by atoms with E-state index in [1.807, 2.05) is 49.2 Å². The lowest BCUT2D eigenvalue weighted by Crippen LogP contribution is -2.32. The largest absolute Gasteiger partial charge is 0.324 e. The first-order chi connectivity index (χ1) is 12.9. The number of amides is 1. The highest BCUT2D eigenvalue weighted by molar-refractivity contribution is 7.18. The number of likely N-dealkylation sites (N-methyl/N-ethyl adjacent to an activating group) is 1. The number of nitrogens with one attached hydrogen (secondary N) is 1. The van der Waals surface area contributed by atoms with Crippen LogP contribution < -0.4 is 5.32 Å². The normalized spacial score (nSPS) is 12.7. The number of carbonyl (C=O) groups excluding carboxylic acids is 1. The Bertz CT molecular complexity index is 915. The summed E-state index contributed by atoms with van der Waals surface area (Å²) in [6.45, 7) is 8.74. The lowest BCUT2D eigenvalue weighted by Gasteiger charge is -2.23. The Balaban J connectivity index is 1.70. The summed E-state index contributed by atoms with van der Waals surface area (Å²) >= 11 is 1.69. The topological polar surface area (TPSA) is 45.2 Å². The molecule has 1 heterocycles. The number of hydrogen-bond donors (Lipinski definition) is 1. The van der Waals surface area contributed by atoms with Gasteiger partial charge in [0.25, 0.3) is 0 Å². The van der Waals surface area contributed by atoms with Gasteiger partial charge in [0.15, 0.2) is 0 Å². The van der Waals surface area contributed by atoms with Crippen molar-refractivity contribution in [3.63, 3.8) is 0 Å². The van der Waals surface area contributed by atoms with Gasteiger partial charge >= 0.3 is 0 Å². The van der Waals surface area contributed by atoms with Crippen LogP contribution in [0.5, 0.6) is 0 Å². The van der Waals surface area contributed by atoms with Crippen molar-refractivity contribution < 1.29 is 4.79 Å². The maximum Gasteiger partial charge on any atom is 0.238 e. The highest BCUT2D eigenvalue weighted by Gasteiger charge is 2.19. The molecule has 142 valence electrons. The predicted molar refractivity (Wildman–Crippen MR) is 115 cm³/mol. The van der Waals surface area contributed by atoms with Gasteiger partial charge in [-0.15, -0.1) is 11.3 Å². The van der Waals surface area contributed by atoms with Crippen LogP contribution in [0.4, 0.5) is 5.69 Å². The van der Waals surface area contributed by atoms with Gasteiger partial charge in [-0.2, -0.15) is 0 Å². The minimum atomic E-state index is 0.00154. The van der Waals surface area contributed by atoms with Crippen LogP contribution in [0.3, 0.4) is 0 Å². The zero-order chi connectivity index (χ0) is 19.6. The fourth-order valence-corrected chi connectivity index (χ4v) is 4.23. The Hall–Kier alpha value is -2.24. The highest BCUT2D eigenvalue weighted by Crippen LogP contribution is 2.29. The second-order valence-electron chi connectivity index (χ2n) is 7.35. The second kappa shape index (κ2) is 8.19. The fourth-order valence-electron chi connectivity index (χ4n) is 3.14. The van der Waals surface area contributed by atoms with Crippen molar-refractivity contribution in [3.05, 3.63) is 58.6 Å². The molecule has 0 bridgehead atoms. The van der Waals surface area contributed by atoms with Gasteiger partial charge in [0.05, 0.1) is 22.8 Å². The molecule has 0 aliphatic rings. The van der Waals surface area contributed by atoms with Gasteiger partial charge in [0.1, 0.15) is 5.01 Å². The molecule has 27 heavy (non-hydrogen) atoms. The highest BCUT2D eigenvalue weighted by atomic mass is 32.1. The summed E-state index contributed by atoms with van der Waals surface area (Å²) in [6.07, 6.45) is 0. The SMILES string of the molecule is Cc1cccc(C(C)C)c1NC(=O)CN(C)[C@@H](C)c1nc2ccccc2s1. The first-order valence-electron chi connectivity index (χ1n) is 9.32. The predicted octanol–water partition coefficient (Wildman–Crippen LogP) is 5.36. The molecule has 3 rings (SSSR count). The molecule has 0 fully saturated rings. The monoisotopic (exact) mass is 381 g/mol. The second-order valence-corrected chi connectivity index (χ2v) is 8.42. The zero-order valence-corrected chi connectivity index (χ0v) is 17.4. The van der Waals surface area contributed by atoms with Crippen molar-refractivity contribution in [1.29, 1.82) is 0 Å². The summed E-state index contributed by atoms with van der Waals surface area (Å²) < 4.78 is 1.18. The number of aromatic nitrogens is 1. The van der Waals surface area contributed by atoms with Crippen molar-refractivity contribution in [3.8, 4) is 0 Å². The van der Waals surface area contributed by atoms with E-state index in [9.17, 15) is 4.79 Å². The number of carbonyl (C=O) groups is 1. The van der Waals surface area contributed by atoms with E-state index in [1.165, 1.54) is 10.3 Å². The van der Waals surface area contributed by atoms with Crippen LogP contribution >= 0.6 is 11.3 Å². The molecule has 0 unspecified atom stereocenters. The quantitative estimate of drug-likeness (QED) is 0.625. The summed E-state index contributed by atoms with van der Waals surface area (Å²) in [4.78, 5) is 19.5. The lowest BCUT2D eigenvalue weighted by molar-refractivity contribution is -0.117. The Kier molecular flexibility index (Phi) is 5.92. The molecule has 1 atom stereocenters. The molecule has 0 radical (unpaired) electrons. The van der Waals surface area contributed by atoms with Crippen molar-refractivity contribution in [2.24, 2.45) is 0 Å². The molecule has 1 N–H and O–H groups in total. The number of thiazole rings is 1. The van der Waals surface area contributed by atoms with E-state index in [-0.39, 0.29) is 11.9 Å². The number of para-hydroxylation sites is 2. The zero-order valence-electron chi connectivity index (χ0n) is 16.6. The fraction of sp³-hybridized carbons (Fsp3) is 0.364. The molecule has 2 aromatic carbocycles. The Morgan fingerprint density at radius 2 is 1.89 bits per heavy atom. The number of rotatable bonds is 6. The van der Waals surface area contributed by atoms with Gasteiger partial charge in [0.2, 0.25) is 5.91 Å². The molecule has 1 aromatic heterocycles. The molecule has 0 aliphatic carbocycles. The van der Waals surface area contributed by atoms with Crippen molar-refractivity contribution in [2.75, 3.05) is 18.9 Å². The van der Waals surface area contributed by atoms with Gasteiger partial charge in [-0.05, 0) is 50.1 Å². The van der Waals surface area contributed by atoms with Gasteiger partial charge < -0.3 is 5.32 Å². The number of hydrogen-bond acceptors (Lipinski definition) is 4. The third-order valence-electron chi connectivity index (χ3n) is 4.91. The average Bonchev–Trinajstić information content (AvgIpc) is 3.06. The van der Waals surface area contributed by atoms with Gasteiger partial charge in [-0.1, -0.05) is 44.2 Å². The molecule has 0 saturated carbocycles. The number of nitrogens with zero attached hydrogens (tertiary/aromatic N) is 2. The summed E-state index contributed by atoms with van der Waals surface area (Å²) in [5, 5.41) is 4.16. The van der Waals surface area contributed by atoms with Crippen LogP contribution in [0.25, 0.3) is 10.2 Å². The molecule has 4 nitrogen and oxygen atoms in total. The summed E-state index contributed by atoms with van der Waals surface area (Å²) in [5.74, 6) is 0.362. The van der Waals surface area contributed by atoms with E-state index < -0.39 is 0 Å². The van der Waals surface area contributed by atoms with E-state index in [4.69, 9.17) is 4.98 Å². The van der Waals surface area contributed by atoms with E-state index in [1.54, 1.807) is 11.3 Å². The summed E-state index contributed by atoms with van der Waals surface area (Å²) in [6, 6.07) is 14.4. The first-order valence-corrected chi connectivity index (χ1v) is 10.1. The van der Waals surface area contributed by atoms with E-state index in [0.29, 0.717) is 12.5 Å². The first kappa shape index (κ1) is 19.5. The Morgan fingerprint density at radius 3 is 2.59 bits per heavy atom. The maximum atomic E-state index is 12.7. The smallest absolute Gasteiger partial charge is 0.238 e. The Labute approximate surface area is 165 Å². The number of fused-ring (bicyclic) bond motifs is 1.